The lowest BCUT2D eigenvalue weighted by atomic mass is 9.89. The van der Waals surface area contributed by atoms with Crippen molar-refractivity contribution in [2.75, 3.05) is 0 Å². The van der Waals surface area contributed by atoms with Gasteiger partial charge in [0.1, 0.15) is 0 Å². The van der Waals surface area contributed by atoms with Gasteiger partial charge < -0.3 is 9.47 Å². The van der Waals surface area contributed by atoms with Crippen molar-refractivity contribution in [3.63, 3.8) is 0 Å². The molecule has 0 aromatic heterocycles. The minimum absolute atomic E-state index is 0.0519. The van der Waals surface area contributed by atoms with Crippen molar-refractivity contribution >= 4 is 27.3 Å². The summed E-state index contributed by atoms with van der Waals surface area (Å²) < 4.78 is 36.8. The zero-order chi connectivity index (χ0) is 25.2. The zero-order valence-electron chi connectivity index (χ0n) is 18.4. The third-order valence-electron chi connectivity index (χ3n) is 5.53. The second-order valence-electron chi connectivity index (χ2n) is 7.79. The van der Waals surface area contributed by atoms with Crippen LogP contribution in [0.15, 0.2) is 101 Å². The topological polar surface area (TPSA) is 130 Å². The van der Waals surface area contributed by atoms with Crippen LogP contribution in [0.4, 0.5) is 5.69 Å². The predicted molar refractivity (Wildman–Crippen MR) is 123 cm³/mol. The maximum atomic E-state index is 12.8. The maximum absolute atomic E-state index is 12.8. The van der Waals surface area contributed by atoms with Crippen LogP contribution in [0, 0.1) is 10.1 Å². The van der Waals surface area contributed by atoms with Gasteiger partial charge in [-0.05, 0) is 61.0 Å². The third kappa shape index (κ3) is 4.75. The van der Waals surface area contributed by atoms with Crippen molar-refractivity contribution in [1.29, 1.82) is 0 Å². The largest absolute Gasteiger partial charge is 0.428 e. The number of non-ortho nitro benzene ring substituents is 1. The number of carbonyl (C=O) groups excluding carboxylic acids is 2. The van der Waals surface area contributed by atoms with Gasteiger partial charge in [0.25, 0.3) is 5.69 Å². The second-order valence-corrected chi connectivity index (χ2v) is 9.74. The summed E-state index contributed by atoms with van der Waals surface area (Å²) in [5, 5.41) is 10.8. The Morgan fingerprint density at radius 1 is 0.971 bits per heavy atom. The van der Waals surface area contributed by atoms with Gasteiger partial charge >= 0.3 is 5.97 Å². The van der Waals surface area contributed by atoms with Crippen LogP contribution < -0.4 is 0 Å². The molecule has 1 aliphatic heterocycles. The van der Waals surface area contributed by atoms with Crippen molar-refractivity contribution in [2.24, 2.45) is 0 Å². The number of esters is 1. The molecular weight excluding hydrogens is 474 g/mol. The first-order valence-corrected chi connectivity index (χ1v) is 11.9. The van der Waals surface area contributed by atoms with E-state index in [0.29, 0.717) is 5.56 Å². The van der Waals surface area contributed by atoms with E-state index in [4.69, 9.17) is 9.47 Å². The molecule has 0 saturated carbocycles. The summed E-state index contributed by atoms with van der Waals surface area (Å²) >= 11 is 0. The minimum atomic E-state index is -3.74. The molecule has 0 aliphatic carbocycles. The smallest absolute Gasteiger partial charge is 0.340 e. The van der Waals surface area contributed by atoms with Crippen molar-refractivity contribution in [2.45, 2.75) is 28.6 Å². The number of hydrogen-bond donors (Lipinski definition) is 0. The molecule has 10 heteroatoms. The number of hydrogen-bond acceptors (Lipinski definition) is 8. The van der Waals surface area contributed by atoms with Crippen LogP contribution in [0.25, 0.3) is 0 Å². The molecule has 35 heavy (non-hydrogen) atoms. The molecule has 0 radical (unpaired) electrons. The first kappa shape index (κ1) is 24.0. The number of benzene rings is 3. The quantitative estimate of drug-likeness (QED) is 0.286. The fraction of sp³-hybridized carbons (Fsp3) is 0.120. The van der Waals surface area contributed by atoms with E-state index in [1.54, 1.807) is 18.2 Å². The van der Waals surface area contributed by atoms with Crippen LogP contribution in [-0.4, -0.2) is 31.4 Å². The highest BCUT2D eigenvalue weighted by molar-refractivity contribution is 7.91. The summed E-state index contributed by atoms with van der Waals surface area (Å²) in [4.78, 5) is 35.5. The van der Waals surface area contributed by atoms with Gasteiger partial charge in [-0.2, -0.15) is 0 Å². The van der Waals surface area contributed by atoms with E-state index in [1.807, 2.05) is 0 Å². The highest BCUT2D eigenvalue weighted by Crippen LogP contribution is 2.33. The van der Waals surface area contributed by atoms with E-state index in [-0.39, 0.29) is 21.0 Å². The van der Waals surface area contributed by atoms with Crippen LogP contribution in [0.2, 0.25) is 0 Å². The average molecular weight is 493 g/mol. The number of rotatable bonds is 6. The fourth-order valence-corrected chi connectivity index (χ4v) is 4.79. The minimum Gasteiger partial charge on any atom is -0.428 e. The second kappa shape index (κ2) is 9.24. The summed E-state index contributed by atoms with van der Waals surface area (Å²) in [5.74, 6) is -1.21. The molecule has 0 unspecified atom stereocenters. The SMILES string of the molecule is C[C@]1(c2ccc(S(=O)(=O)c3ccccc3)cc2)O[C@H](OC(=O)c2ccc([N+](=O)[O-])cc2)C=CC1=O. The summed E-state index contributed by atoms with van der Waals surface area (Å²) in [6.07, 6.45) is 1.29. The molecule has 1 aliphatic rings. The molecule has 0 amide bonds. The number of ketones is 1. The summed E-state index contributed by atoms with van der Waals surface area (Å²) in [6, 6.07) is 18.5. The first-order chi connectivity index (χ1) is 16.6. The molecule has 3 aromatic carbocycles. The Hall–Kier alpha value is -4.15. The first-order valence-electron chi connectivity index (χ1n) is 10.4. The Morgan fingerprint density at radius 3 is 2.17 bits per heavy atom. The monoisotopic (exact) mass is 493 g/mol. The molecule has 0 fully saturated rings. The standard InChI is InChI=1S/C25H19NO8S/c1-25(18-9-13-21(14-10-18)35(31,32)20-5-3-2-4-6-20)22(27)15-16-23(34-25)33-24(28)17-7-11-19(12-8-17)26(29)30/h2-16,23H,1H3/t23-,25+/m0/s1. The number of nitro benzene ring substituents is 1. The average Bonchev–Trinajstić information content (AvgIpc) is 2.87. The zero-order valence-corrected chi connectivity index (χ0v) is 19.2. The molecule has 178 valence electrons. The van der Waals surface area contributed by atoms with E-state index in [9.17, 15) is 28.1 Å². The molecule has 0 spiro atoms. The van der Waals surface area contributed by atoms with Crippen molar-refractivity contribution in [3.05, 3.63) is 112 Å². The number of sulfone groups is 1. The molecule has 4 rings (SSSR count). The predicted octanol–water partition coefficient (Wildman–Crippen LogP) is 3.98. The molecule has 2 atom stereocenters. The van der Waals surface area contributed by atoms with Gasteiger partial charge in [0.15, 0.2) is 11.4 Å². The maximum Gasteiger partial charge on any atom is 0.340 e. The van der Waals surface area contributed by atoms with E-state index in [2.05, 4.69) is 0 Å². The summed E-state index contributed by atoms with van der Waals surface area (Å²) in [5.41, 5.74) is -1.27. The van der Waals surface area contributed by atoms with Gasteiger partial charge in [0.2, 0.25) is 16.1 Å². The lowest BCUT2D eigenvalue weighted by molar-refractivity contribution is -0.384. The Morgan fingerprint density at radius 2 is 1.57 bits per heavy atom. The number of carbonyl (C=O) groups is 2. The Bertz CT molecular complexity index is 1410. The van der Waals surface area contributed by atoms with Crippen LogP contribution in [0.1, 0.15) is 22.8 Å². The van der Waals surface area contributed by atoms with Gasteiger partial charge in [0.05, 0.1) is 20.3 Å². The highest BCUT2D eigenvalue weighted by atomic mass is 32.2. The van der Waals surface area contributed by atoms with Crippen LogP contribution in [0.5, 0.6) is 0 Å². The molecular formula is C25H19NO8S. The van der Waals surface area contributed by atoms with Gasteiger partial charge in [-0.15, -0.1) is 0 Å². The van der Waals surface area contributed by atoms with Crippen LogP contribution >= 0.6 is 0 Å². The Labute approximate surface area is 200 Å². The number of nitrogens with zero attached hydrogens (tertiary/aromatic N) is 1. The molecule has 1 heterocycles. The highest BCUT2D eigenvalue weighted by Gasteiger charge is 2.41. The van der Waals surface area contributed by atoms with Crippen LogP contribution in [-0.2, 0) is 29.7 Å². The van der Waals surface area contributed by atoms with Gasteiger partial charge in [0, 0.05) is 12.1 Å². The Balaban J connectivity index is 1.53. The van der Waals surface area contributed by atoms with Crippen molar-refractivity contribution in [3.8, 4) is 0 Å². The molecule has 0 bridgehead atoms. The van der Waals surface area contributed by atoms with Gasteiger partial charge in [-0.25, -0.2) is 13.2 Å². The van der Waals surface area contributed by atoms with Gasteiger partial charge in [-0.3, -0.25) is 14.9 Å². The third-order valence-corrected chi connectivity index (χ3v) is 7.32. The van der Waals surface area contributed by atoms with E-state index in [1.165, 1.54) is 79.7 Å². The number of nitro groups is 1. The van der Waals surface area contributed by atoms with E-state index >= 15 is 0 Å². The normalized spacial score (nSPS) is 19.8. The summed E-state index contributed by atoms with van der Waals surface area (Å²) in [6.45, 7) is 1.49. The lowest BCUT2D eigenvalue weighted by Gasteiger charge is -2.34. The molecule has 0 saturated heterocycles. The molecule has 9 nitrogen and oxygen atoms in total. The summed E-state index contributed by atoms with van der Waals surface area (Å²) in [7, 11) is -3.74. The molecule has 3 aromatic rings. The van der Waals surface area contributed by atoms with E-state index in [0.717, 1.165) is 0 Å². The van der Waals surface area contributed by atoms with Gasteiger partial charge in [-0.1, -0.05) is 30.3 Å². The molecule has 0 N–H and O–H groups in total. The Kier molecular flexibility index (Phi) is 6.33. The van der Waals surface area contributed by atoms with E-state index < -0.39 is 38.4 Å². The van der Waals surface area contributed by atoms with Crippen molar-refractivity contribution in [1.82, 2.24) is 0 Å². The fourth-order valence-electron chi connectivity index (χ4n) is 3.51. The number of ether oxygens (including phenoxy) is 2. The van der Waals surface area contributed by atoms with Crippen molar-refractivity contribution < 1.29 is 32.4 Å². The lowest BCUT2D eigenvalue weighted by Crippen LogP contribution is -2.42. The van der Waals surface area contributed by atoms with Crippen LogP contribution in [0.3, 0.4) is 0 Å².